The predicted octanol–water partition coefficient (Wildman–Crippen LogP) is 0.649. The molecule has 1 N–H and O–H groups in total. The van der Waals surface area contributed by atoms with Crippen molar-refractivity contribution in [3.8, 4) is 0 Å². The van der Waals surface area contributed by atoms with Gasteiger partial charge < -0.3 is 10.1 Å². The molecule has 0 bridgehead atoms. The number of nitrogens with one attached hydrogen (secondary N) is 1. The van der Waals surface area contributed by atoms with Gasteiger partial charge in [0.15, 0.2) is 0 Å². The van der Waals surface area contributed by atoms with Crippen molar-refractivity contribution in [3.63, 3.8) is 0 Å². The highest BCUT2D eigenvalue weighted by Gasteiger charge is 2.29. The first kappa shape index (κ1) is 11.2. The molecule has 0 aromatic rings. The minimum absolute atomic E-state index is 0.125. The van der Waals surface area contributed by atoms with Crippen LogP contribution < -0.4 is 5.32 Å². The van der Waals surface area contributed by atoms with Gasteiger partial charge >= 0.3 is 5.97 Å². The Morgan fingerprint density at radius 2 is 2.14 bits per heavy atom. The Balaban J connectivity index is 2.48. The normalized spacial score (nSPS) is 23.4. The van der Waals surface area contributed by atoms with E-state index in [2.05, 4.69) is 5.32 Å². The number of carbonyl (C=O) groups excluding carboxylic acids is 2. The molecule has 1 fully saturated rings. The highest BCUT2D eigenvalue weighted by molar-refractivity contribution is 5.87. The van der Waals surface area contributed by atoms with E-state index in [9.17, 15) is 9.59 Å². The number of ether oxygens (including phenoxy) is 1. The van der Waals surface area contributed by atoms with E-state index in [0.717, 1.165) is 0 Å². The maximum absolute atomic E-state index is 11.5. The van der Waals surface area contributed by atoms with Crippen molar-refractivity contribution >= 4 is 11.8 Å². The monoisotopic (exact) mass is 199 g/mol. The number of ketones is 1. The third-order valence-electron chi connectivity index (χ3n) is 1.92. The Morgan fingerprint density at radius 3 is 2.64 bits per heavy atom. The summed E-state index contributed by atoms with van der Waals surface area (Å²) in [5, 5.41) is 2.98. The van der Waals surface area contributed by atoms with E-state index in [4.69, 9.17) is 4.74 Å². The smallest absolute Gasteiger partial charge is 0.324 e. The molecule has 0 aliphatic carbocycles. The highest BCUT2D eigenvalue weighted by Crippen LogP contribution is 2.12. The van der Waals surface area contributed by atoms with Gasteiger partial charge in [0.25, 0.3) is 0 Å². The lowest BCUT2D eigenvalue weighted by Gasteiger charge is -2.26. The standard InChI is InChI=1S/C10H17NO3/c1-10(2,3)14-9(13)8-6-7(12)4-5-11-8/h8,11H,4-6H2,1-3H3/t8-/m1/s1. The summed E-state index contributed by atoms with van der Waals surface area (Å²) in [6, 6.07) is -0.449. The zero-order valence-corrected chi connectivity index (χ0v) is 8.92. The summed E-state index contributed by atoms with van der Waals surface area (Å²) in [5.74, 6) is -0.204. The summed E-state index contributed by atoms with van der Waals surface area (Å²) >= 11 is 0. The van der Waals surface area contributed by atoms with Gasteiger partial charge in [-0.1, -0.05) is 0 Å². The maximum atomic E-state index is 11.5. The fraction of sp³-hybridized carbons (Fsp3) is 0.800. The molecule has 1 rings (SSSR count). The topological polar surface area (TPSA) is 55.4 Å². The van der Waals surface area contributed by atoms with Crippen molar-refractivity contribution in [2.24, 2.45) is 0 Å². The molecule has 1 atom stereocenters. The first-order chi connectivity index (χ1) is 6.38. The molecule has 0 saturated carbocycles. The van der Waals surface area contributed by atoms with E-state index in [1.54, 1.807) is 0 Å². The molecule has 0 radical (unpaired) electrons. The molecule has 4 nitrogen and oxygen atoms in total. The van der Waals surface area contributed by atoms with Gasteiger partial charge in [0.1, 0.15) is 17.4 Å². The fourth-order valence-electron chi connectivity index (χ4n) is 1.33. The molecular formula is C10H17NO3. The van der Waals surface area contributed by atoms with Crippen LogP contribution in [0.25, 0.3) is 0 Å². The number of rotatable bonds is 1. The molecule has 0 aromatic heterocycles. The number of carbonyl (C=O) groups is 2. The number of piperidine rings is 1. The van der Waals surface area contributed by atoms with Crippen molar-refractivity contribution in [2.45, 2.75) is 45.3 Å². The third-order valence-corrected chi connectivity index (χ3v) is 1.92. The lowest BCUT2D eigenvalue weighted by atomic mass is 10.0. The van der Waals surface area contributed by atoms with Gasteiger partial charge in [-0.25, -0.2) is 0 Å². The molecule has 0 unspecified atom stereocenters. The molecule has 1 saturated heterocycles. The van der Waals surface area contributed by atoms with Gasteiger partial charge in [-0.15, -0.1) is 0 Å². The first-order valence-corrected chi connectivity index (χ1v) is 4.86. The Labute approximate surface area is 84.0 Å². The summed E-state index contributed by atoms with van der Waals surface area (Å²) in [5.41, 5.74) is -0.487. The number of hydrogen-bond acceptors (Lipinski definition) is 4. The predicted molar refractivity (Wildman–Crippen MR) is 51.9 cm³/mol. The summed E-state index contributed by atoms with van der Waals surface area (Å²) in [6.07, 6.45) is 0.772. The molecule has 1 heterocycles. The Hall–Kier alpha value is -0.900. The second-order valence-corrected chi connectivity index (χ2v) is 4.53. The van der Waals surface area contributed by atoms with E-state index in [1.807, 2.05) is 20.8 Å². The van der Waals surface area contributed by atoms with Gasteiger partial charge in [0.05, 0.1) is 0 Å². The largest absolute Gasteiger partial charge is 0.459 e. The van der Waals surface area contributed by atoms with Crippen LogP contribution in [0.1, 0.15) is 33.6 Å². The van der Waals surface area contributed by atoms with Crippen LogP contribution >= 0.6 is 0 Å². The van der Waals surface area contributed by atoms with Gasteiger partial charge in [0.2, 0.25) is 0 Å². The van der Waals surface area contributed by atoms with E-state index in [-0.39, 0.29) is 18.2 Å². The van der Waals surface area contributed by atoms with Crippen LogP contribution in [0.3, 0.4) is 0 Å². The van der Waals surface area contributed by atoms with Crippen molar-refractivity contribution in [1.82, 2.24) is 5.32 Å². The van der Waals surface area contributed by atoms with Crippen molar-refractivity contribution in [2.75, 3.05) is 6.54 Å². The van der Waals surface area contributed by atoms with Gasteiger partial charge in [-0.05, 0) is 20.8 Å². The van der Waals surface area contributed by atoms with Gasteiger partial charge in [-0.3, -0.25) is 9.59 Å². The number of Topliss-reactive ketones (excluding diaryl/α,β-unsaturated/α-hetero) is 1. The fourth-order valence-corrected chi connectivity index (χ4v) is 1.33. The molecule has 80 valence electrons. The Kier molecular flexibility index (Phi) is 3.26. The van der Waals surface area contributed by atoms with E-state index < -0.39 is 11.6 Å². The molecule has 0 aromatic carbocycles. The molecule has 1 aliphatic rings. The van der Waals surface area contributed by atoms with E-state index in [0.29, 0.717) is 13.0 Å². The number of esters is 1. The van der Waals surface area contributed by atoms with E-state index >= 15 is 0 Å². The maximum Gasteiger partial charge on any atom is 0.324 e. The van der Waals surface area contributed by atoms with Crippen molar-refractivity contribution < 1.29 is 14.3 Å². The average molecular weight is 199 g/mol. The van der Waals surface area contributed by atoms with Crippen LogP contribution in [-0.2, 0) is 14.3 Å². The van der Waals surface area contributed by atoms with Crippen molar-refractivity contribution in [3.05, 3.63) is 0 Å². The van der Waals surface area contributed by atoms with Crippen LogP contribution in [0.2, 0.25) is 0 Å². The molecule has 0 spiro atoms. The van der Waals surface area contributed by atoms with Crippen LogP contribution in [0.5, 0.6) is 0 Å². The second-order valence-electron chi connectivity index (χ2n) is 4.53. The van der Waals surface area contributed by atoms with Crippen LogP contribution in [0, 0.1) is 0 Å². The Morgan fingerprint density at radius 1 is 1.50 bits per heavy atom. The molecule has 0 amide bonds. The summed E-state index contributed by atoms with van der Waals surface area (Å²) in [7, 11) is 0. The third kappa shape index (κ3) is 3.46. The van der Waals surface area contributed by atoms with Gasteiger partial charge in [-0.2, -0.15) is 0 Å². The zero-order valence-electron chi connectivity index (χ0n) is 8.92. The van der Waals surface area contributed by atoms with Crippen molar-refractivity contribution in [1.29, 1.82) is 0 Å². The second kappa shape index (κ2) is 4.09. The first-order valence-electron chi connectivity index (χ1n) is 4.86. The van der Waals surface area contributed by atoms with E-state index in [1.165, 1.54) is 0 Å². The minimum atomic E-state index is -0.487. The van der Waals surface area contributed by atoms with Crippen LogP contribution in [0.15, 0.2) is 0 Å². The summed E-state index contributed by atoms with van der Waals surface area (Å²) in [6.45, 7) is 6.02. The Bertz CT molecular complexity index is 242. The number of hydrogen-bond donors (Lipinski definition) is 1. The summed E-state index contributed by atoms with van der Waals surface area (Å²) < 4.78 is 5.17. The molecule has 4 heteroatoms. The van der Waals surface area contributed by atoms with Gasteiger partial charge in [0, 0.05) is 19.4 Å². The lowest BCUT2D eigenvalue weighted by Crippen LogP contribution is -2.46. The quantitative estimate of drug-likeness (QED) is 0.630. The molecular weight excluding hydrogens is 182 g/mol. The highest BCUT2D eigenvalue weighted by atomic mass is 16.6. The SMILES string of the molecule is CC(C)(C)OC(=O)[C@H]1CC(=O)CCN1. The van der Waals surface area contributed by atoms with Crippen LogP contribution in [-0.4, -0.2) is 29.9 Å². The summed E-state index contributed by atoms with van der Waals surface area (Å²) in [4.78, 5) is 22.6. The van der Waals surface area contributed by atoms with Crippen LogP contribution in [0.4, 0.5) is 0 Å². The lowest BCUT2D eigenvalue weighted by molar-refractivity contribution is -0.159. The zero-order chi connectivity index (χ0) is 10.8. The molecule has 14 heavy (non-hydrogen) atoms. The average Bonchev–Trinajstić information content (AvgIpc) is 2.01. The minimum Gasteiger partial charge on any atom is -0.459 e. The molecule has 1 aliphatic heterocycles.